The third kappa shape index (κ3) is 40.2. The van der Waals surface area contributed by atoms with Crippen molar-refractivity contribution < 1.29 is 9.90 Å². The van der Waals surface area contributed by atoms with Crippen LogP contribution in [0.3, 0.4) is 0 Å². The van der Waals surface area contributed by atoms with Gasteiger partial charge in [0.25, 0.3) is 0 Å². The van der Waals surface area contributed by atoms with Gasteiger partial charge >= 0.3 is 0 Å². The maximum absolute atomic E-state index is 8.89. The van der Waals surface area contributed by atoms with E-state index in [9.17, 15) is 0 Å². The summed E-state index contributed by atoms with van der Waals surface area (Å²) < 4.78 is 0. The van der Waals surface area contributed by atoms with E-state index in [4.69, 9.17) is 15.2 Å². The van der Waals surface area contributed by atoms with Gasteiger partial charge in [0, 0.05) is 12.9 Å². The van der Waals surface area contributed by atoms with Crippen molar-refractivity contribution in [1.82, 2.24) is 0 Å². The van der Waals surface area contributed by atoms with E-state index in [1.165, 1.54) is 6.92 Å². The topological polar surface area (TPSA) is 63.9 Å². The van der Waals surface area contributed by atoms with Crippen molar-refractivity contribution in [3.8, 4) is 6.07 Å². The average Bonchev–Trinajstić information content (AvgIpc) is 1.33. The molecule has 0 amide bonds. The van der Waals surface area contributed by atoms with Gasteiger partial charge in [-0.05, 0) is 6.92 Å². The molecule has 0 bridgehead atoms. The molecule has 0 fully saturated rings. The first-order valence-electron chi connectivity index (χ1n) is 1.63. The van der Waals surface area contributed by atoms with Crippen molar-refractivity contribution in [3.63, 3.8) is 0 Å². The van der Waals surface area contributed by atoms with Crippen molar-refractivity contribution in [1.29, 1.82) is 5.26 Å². The van der Waals surface area contributed by atoms with Crippen LogP contribution in [0.5, 0.6) is 0 Å². The van der Waals surface area contributed by atoms with E-state index < -0.39 is 5.97 Å². The smallest absolute Gasteiger partial charge is 0.0587 e. The molecule has 3 nitrogen and oxygen atoms in total. The van der Waals surface area contributed by atoms with Gasteiger partial charge in [-0.25, -0.2) is 0 Å². The molecule has 0 aliphatic heterocycles. The van der Waals surface area contributed by atoms with Crippen molar-refractivity contribution in [2.75, 3.05) is 0 Å². The number of hydrogen-bond acceptors (Lipinski definition) is 3. The van der Waals surface area contributed by atoms with E-state index in [-0.39, 0.29) is 0 Å². The SMILES string of the molecule is CC#N.CC(=O)[O-]. The molecule has 7 heavy (non-hydrogen) atoms. The molecule has 0 atom stereocenters. The number of carbonyl (C=O) groups excluding carboxylic acids is 1. The number of hydrogen-bond donors (Lipinski definition) is 0. The van der Waals surface area contributed by atoms with Crippen LogP contribution in [-0.2, 0) is 4.79 Å². The largest absolute Gasteiger partial charge is 0.550 e. The van der Waals surface area contributed by atoms with E-state index in [2.05, 4.69) is 0 Å². The van der Waals surface area contributed by atoms with Gasteiger partial charge in [-0.2, -0.15) is 5.26 Å². The lowest BCUT2D eigenvalue weighted by molar-refractivity contribution is -0.302. The number of nitrogens with zero attached hydrogens (tertiary/aromatic N) is 1. The molecule has 40 valence electrons. The van der Waals surface area contributed by atoms with Crippen LogP contribution in [0.1, 0.15) is 13.8 Å². The predicted octanol–water partition coefficient (Wildman–Crippen LogP) is -0.714. The minimum absolute atomic E-state index is 0.972. The molecule has 0 N–H and O–H groups in total. The second-order valence-corrected chi connectivity index (χ2v) is 0.715. The molecule has 0 spiro atoms. The van der Waals surface area contributed by atoms with Gasteiger partial charge in [0.15, 0.2) is 0 Å². The molecule has 0 radical (unpaired) electrons. The standard InChI is InChI=1S/C2H3N.C2H4O2/c1-2-3;1-2(3)4/h1H3;1H3,(H,3,4)/p-1. The number of rotatable bonds is 0. The quantitative estimate of drug-likeness (QED) is 0.403. The maximum atomic E-state index is 8.89. The Labute approximate surface area is 42.2 Å². The Morgan fingerprint density at radius 2 is 1.86 bits per heavy atom. The molecule has 0 heterocycles. The second kappa shape index (κ2) is 8.88. The van der Waals surface area contributed by atoms with Crippen molar-refractivity contribution in [2.45, 2.75) is 13.8 Å². The summed E-state index contributed by atoms with van der Waals surface area (Å²) in [6, 6.07) is 1.75. The first-order valence-corrected chi connectivity index (χ1v) is 1.63. The summed E-state index contributed by atoms with van der Waals surface area (Å²) in [4.78, 5) is 8.89. The maximum Gasteiger partial charge on any atom is 0.0587 e. The van der Waals surface area contributed by atoms with Gasteiger partial charge in [-0.3, -0.25) is 0 Å². The predicted molar refractivity (Wildman–Crippen MR) is 22.0 cm³/mol. The Balaban J connectivity index is 0. The third-order valence-electron chi connectivity index (χ3n) is 0. The third-order valence-corrected chi connectivity index (χ3v) is 0. The number of carboxylic acids is 1. The van der Waals surface area contributed by atoms with Gasteiger partial charge in [-0.1, -0.05) is 0 Å². The Morgan fingerprint density at radius 3 is 1.86 bits per heavy atom. The van der Waals surface area contributed by atoms with Gasteiger partial charge in [0.1, 0.15) is 0 Å². The van der Waals surface area contributed by atoms with E-state index in [1.807, 2.05) is 0 Å². The van der Waals surface area contributed by atoms with Crippen LogP contribution in [-0.4, -0.2) is 5.97 Å². The summed E-state index contributed by atoms with van der Waals surface area (Å²) in [5.41, 5.74) is 0. The molecule has 0 aromatic rings. The highest BCUT2D eigenvalue weighted by molar-refractivity contribution is 5.60. The fourth-order valence-corrected chi connectivity index (χ4v) is 0. The Bertz CT molecular complexity index is 78.2. The Morgan fingerprint density at radius 1 is 1.86 bits per heavy atom. The fourth-order valence-electron chi connectivity index (χ4n) is 0. The van der Waals surface area contributed by atoms with Gasteiger partial charge in [0.2, 0.25) is 0 Å². The minimum Gasteiger partial charge on any atom is -0.550 e. The number of aliphatic carboxylic acids is 1. The first kappa shape index (κ1) is 9.35. The molecule has 0 aromatic carbocycles. The molecule has 0 saturated carbocycles. The molecule has 3 heteroatoms. The van der Waals surface area contributed by atoms with Crippen LogP contribution < -0.4 is 5.11 Å². The first-order chi connectivity index (χ1) is 3.15. The lowest BCUT2D eigenvalue weighted by atomic mass is 10.9. The van der Waals surface area contributed by atoms with E-state index in [0.717, 1.165) is 6.92 Å². The molecule has 0 unspecified atom stereocenters. The molecule has 0 aliphatic carbocycles. The summed E-state index contributed by atoms with van der Waals surface area (Å²) in [6.07, 6.45) is 0. The lowest BCUT2D eigenvalue weighted by Crippen LogP contribution is -2.16. The summed E-state index contributed by atoms with van der Waals surface area (Å²) in [5, 5.41) is 16.2. The Hall–Kier alpha value is -1.04. The highest BCUT2D eigenvalue weighted by atomic mass is 16.4. The highest BCUT2D eigenvalue weighted by Crippen LogP contribution is 1.31. The van der Waals surface area contributed by atoms with Gasteiger partial charge in [0.05, 0.1) is 6.07 Å². The van der Waals surface area contributed by atoms with Crippen LogP contribution in [0.2, 0.25) is 0 Å². The Kier molecular flexibility index (Phi) is 11.9. The zero-order chi connectivity index (χ0) is 6.28. The average molecular weight is 100 g/mol. The number of carboxylic acid groups (broad SMARTS) is 1. The highest BCUT2D eigenvalue weighted by Gasteiger charge is 1.46. The number of carbonyl (C=O) groups is 1. The van der Waals surface area contributed by atoms with Crippen molar-refractivity contribution >= 4 is 5.97 Å². The molecule has 0 rings (SSSR count). The van der Waals surface area contributed by atoms with E-state index in [1.54, 1.807) is 6.07 Å². The lowest BCUT2D eigenvalue weighted by Gasteiger charge is -1.77. The fraction of sp³-hybridized carbons (Fsp3) is 0.500. The molecule has 0 aliphatic rings. The summed E-state index contributed by atoms with van der Waals surface area (Å²) in [7, 11) is 0. The summed E-state index contributed by atoms with van der Waals surface area (Å²) in [5.74, 6) is -1.08. The molecular weight excluding hydrogens is 94.0 g/mol. The monoisotopic (exact) mass is 100 g/mol. The zero-order valence-electron chi connectivity index (χ0n) is 4.26. The minimum atomic E-state index is -1.08. The van der Waals surface area contributed by atoms with Gasteiger partial charge in [-0.15, -0.1) is 0 Å². The summed E-state index contributed by atoms with van der Waals surface area (Å²) in [6.45, 7) is 2.40. The van der Waals surface area contributed by atoms with E-state index in [0.29, 0.717) is 0 Å². The van der Waals surface area contributed by atoms with Crippen LogP contribution in [0.15, 0.2) is 0 Å². The number of nitriles is 1. The van der Waals surface area contributed by atoms with Gasteiger partial charge < -0.3 is 9.90 Å². The van der Waals surface area contributed by atoms with Crippen LogP contribution in [0.4, 0.5) is 0 Å². The van der Waals surface area contributed by atoms with E-state index >= 15 is 0 Å². The van der Waals surface area contributed by atoms with Crippen LogP contribution in [0.25, 0.3) is 0 Å². The van der Waals surface area contributed by atoms with Crippen molar-refractivity contribution in [3.05, 3.63) is 0 Å². The molecule has 0 aromatic heterocycles. The second-order valence-electron chi connectivity index (χ2n) is 0.715. The zero-order valence-corrected chi connectivity index (χ0v) is 4.26. The van der Waals surface area contributed by atoms with Crippen LogP contribution in [0, 0.1) is 11.3 Å². The summed E-state index contributed by atoms with van der Waals surface area (Å²) >= 11 is 0. The van der Waals surface area contributed by atoms with Crippen molar-refractivity contribution in [2.24, 2.45) is 0 Å². The molecular formula is C4H6NO2-. The normalized spacial score (nSPS) is 4.71. The molecule has 0 saturated heterocycles. The van der Waals surface area contributed by atoms with Crippen LogP contribution >= 0.6 is 0 Å².